The highest BCUT2D eigenvalue weighted by atomic mass is 32.2. The van der Waals surface area contributed by atoms with Gasteiger partial charge in [-0.3, -0.25) is 9.78 Å². The molecule has 0 aliphatic rings. The number of para-hydroxylation sites is 1. The van der Waals surface area contributed by atoms with Crippen molar-refractivity contribution in [2.45, 2.75) is 9.92 Å². The Morgan fingerprint density at radius 1 is 1.05 bits per heavy atom. The molecule has 3 rings (SSSR count). The fraction of sp³-hybridized carbons (Fsp3) is 0. The molecule has 2 heterocycles. The molecule has 0 radical (unpaired) electrons. The van der Waals surface area contributed by atoms with Gasteiger partial charge in [0.25, 0.3) is 0 Å². The normalized spacial score (nSPS) is 10.5. The number of carbonyl (C=O) groups excluding carboxylic acids is 1. The van der Waals surface area contributed by atoms with E-state index in [4.69, 9.17) is 0 Å². The minimum Gasteiger partial charge on any atom is -0.298 e. The molecule has 0 saturated carbocycles. The molecule has 92 valence electrons. The van der Waals surface area contributed by atoms with E-state index >= 15 is 0 Å². The lowest BCUT2D eigenvalue weighted by Crippen LogP contribution is -1.91. The van der Waals surface area contributed by atoms with Crippen molar-refractivity contribution in [1.82, 2.24) is 9.97 Å². The molecule has 0 aliphatic carbocycles. The number of benzene rings is 1. The van der Waals surface area contributed by atoms with Crippen molar-refractivity contribution in [2.24, 2.45) is 0 Å². The largest absolute Gasteiger partial charge is 0.298 e. The molecule has 0 amide bonds. The first-order chi connectivity index (χ1) is 9.36. The molecule has 2 aromatic heterocycles. The molecule has 1 aromatic carbocycles. The molecular formula is C15H10N2OS. The van der Waals surface area contributed by atoms with E-state index in [0.717, 1.165) is 27.1 Å². The third-order valence-corrected chi connectivity index (χ3v) is 3.74. The van der Waals surface area contributed by atoms with Crippen molar-refractivity contribution in [3.8, 4) is 0 Å². The molecule has 0 fully saturated rings. The maximum absolute atomic E-state index is 11.2. The van der Waals surface area contributed by atoms with E-state index in [1.165, 1.54) is 11.8 Å². The Hall–Kier alpha value is -2.20. The minimum atomic E-state index is 0.612. The van der Waals surface area contributed by atoms with Gasteiger partial charge in [-0.15, -0.1) is 0 Å². The van der Waals surface area contributed by atoms with E-state index in [1.807, 2.05) is 42.5 Å². The number of aromatic nitrogens is 2. The Bertz CT molecular complexity index is 729. The lowest BCUT2D eigenvalue weighted by molar-refractivity contribution is 0.112. The van der Waals surface area contributed by atoms with Gasteiger partial charge in [0, 0.05) is 28.2 Å². The summed E-state index contributed by atoms with van der Waals surface area (Å²) in [5.41, 5.74) is 1.50. The molecule has 0 unspecified atom stereocenters. The smallest absolute Gasteiger partial charge is 0.152 e. The van der Waals surface area contributed by atoms with E-state index in [1.54, 1.807) is 12.4 Å². The van der Waals surface area contributed by atoms with Gasteiger partial charge in [-0.1, -0.05) is 30.0 Å². The van der Waals surface area contributed by atoms with Gasteiger partial charge in [0.15, 0.2) is 6.29 Å². The van der Waals surface area contributed by atoms with Crippen molar-refractivity contribution in [1.29, 1.82) is 0 Å². The number of pyridine rings is 2. The third kappa shape index (κ3) is 2.48. The Kier molecular flexibility index (Phi) is 3.25. The molecule has 3 aromatic rings. The van der Waals surface area contributed by atoms with Crippen LogP contribution in [0.25, 0.3) is 10.9 Å². The van der Waals surface area contributed by atoms with Crippen LogP contribution in [0.4, 0.5) is 0 Å². The monoisotopic (exact) mass is 266 g/mol. The second-order valence-corrected chi connectivity index (χ2v) is 5.04. The van der Waals surface area contributed by atoms with Crippen LogP contribution in [0.2, 0.25) is 0 Å². The van der Waals surface area contributed by atoms with Gasteiger partial charge < -0.3 is 0 Å². The van der Waals surface area contributed by atoms with Crippen LogP contribution >= 0.6 is 11.8 Å². The zero-order valence-corrected chi connectivity index (χ0v) is 10.8. The second-order valence-electron chi connectivity index (χ2n) is 3.98. The second kappa shape index (κ2) is 5.20. The lowest BCUT2D eigenvalue weighted by atomic mass is 10.2. The summed E-state index contributed by atoms with van der Waals surface area (Å²) in [5.74, 6) is 0. The Balaban J connectivity index is 2.09. The highest BCUT2D eigenvalue weighted by molar-refractivity contribution is 7.99. The summed E-state index contributed by atoms with van der Waals surface area (Å²) in [5, 5.41) is 1.70. The number of aldehydes is 1. The van der Waals surface area contributed by atoms with E-state index in [-0.39, 0.29) is 0 Å². The number of hydrogen-bond acceptors (Lipinski definition) is 4. The summed E-state index contributed by atoms with van der Waals surface area (Å²) >= 11 is 1.47. The van der Waals surface area contributed by atoms with E-state index < -0.39 is 0 Å². The van der Waals surface area contributed by atoms with Gasteiger partial charge in [-0.25, -0.2) is 4.98 Å². The summed E-state index contributed by atoms with van der Waals surface area (Å²) in [6.07, 6.45) is 4.30. The molecule has 19 heavy (non-hydrogen) atoms. The van der Waals surface area contributed by atoms with Crippen molar-refractivity contribution >= 4 is 29.0 Å². The quantitative estimate of drug-likeness (QED) is 0.679. The predicted octanol–water partition coefficient (Wildman–Crippen LogP) is 3.59. The standard InChI is InChI=1S/C15H10N2OS/c18-10-12-9-11-3-1-2-4-14(11)17-15(12)19-13-5-7-16-8-6-13/h1-10H. The summed E-state index contributed by atoms with van der Waals surface area (Å²) in [6, 6.07) is 13.5. The van der Waals surface area contributed by atoms with Crippen molar-refractivity contribution in [3.05, 3.63) is 60.4 Å². The average molecular weight is 266 g/mol. The molecule has 0 saturated heterocycles. The number of rotatable bonds is 3. The lowest BCUT2D eigenvalue weighted by Gasteiger charge is -2.05. The van der Waals surface area contributed by atoms with Gasteiger partial charge in [0.2, 0.25) is 0 Å². The predicted molar refractivity (Wildman–Crippen MR) is 75.5 cm³/mol. The van der Waals surface area contributed by atoms with Crippen LogP contribution in [0.1, 0.15) is 10.4 Å². The molecule has 0 N–H and O–H groups in total. The maximum Gasteiger partial charge on any atom is 0.152 e. The fourth-order valence-corrected chi connectivity index (χ4v) is 2.65. The van der Waals surface area contributed by atoms with Crippen LogP contribution < -0.4 is 0 Å². The van der Waals surface area contributed by atoms with Crippen LogP contribution in [0.3, 0.4) is 0 Å². The van der Waals surface area contributed by atoms with E-state index in [0.29, 0.717) is 5.56 Å². The fourth-order valence-electron chi connectivity index (χ4n) is 1.80. The Labute approximate surface area is 114 Å². The van der Waals surface area contributed by atoms with Crippen molar-refractivity contribution in [2.75, 3.05) is 0 Å². The minimum absolute atomic E-state index is 0.612. The molecule has 4 heteroatoms. The molecule has 0 bridgehead atoms. The number of hydrogen-bond donors (Lipinski definition) is 0. The van der Waals surface area contributed by atoms with Crippen LogP contribution in [0, 0.1) is 0 Å². The molecule has 0 atom stereocenters. The SMILES string of the molecule is O=Cc1cc2ccccc2nc1Sc1ccncc1. The summed E-state index contributed by atoms with van der Waals surface area (Å²) in [7, 11) is 0. The van der Waals surface area contributed by atoms with Crippen molar-refractivity contribution < 1.29 is 4.79 Å². The summed E-state index contributed by atoms with van der Waals surface area (Å²) in [4.78, 5) is 20.7. The zero-order valence-electron chi connectivity index (χ0n) is 9.98. The van der Waals surface area contributed by atoms with Crippen LogP contribution in [0.15, 0.2) is 64.8 Å². The zero-order chi connectivity index (χ0) is 13.1. The summed E-state index contributed by atoms with van der Waals surface area (Å²) < 4.78 is 0. The first-order valence-corrected chi connectivity index (χ1v) is 6.61. The topological polar surface area (TPSA) is 42.9 Å². The van der Waals surface area contributed by atoms with Crippen LogP contribution in [-0.4, -0.2) is 16.3 Å². The highest BCUT2D eigenvalue weighted by Gasteiger charge is 2.07. The molecular weight excluding hydrogens is 256 g/mol. The Morgan fingerprint density at radius 3 is 2.63 bits per heavy atom. The van der Waals surface area contributed by atoms with Crippen molar-refractivity contribution in [3.63, 3.8) is 0 Å². The Morgan fingerprint density at radius 2 is 1.84 bits per heavy atom. The molecule has 0 spiro atoms. The number of nitrogens with zero attached hydrogens (tertiary/aromatic N) is 2. The third-order valence-electron chi connectivity index (χ3n) is 2.71. The van der Waals surface area contributed by atoms with E-state index in [9.17, 15) is 4.79 Å². The van der Waals surface area contributed by atoms with Crippen LogP contribution in [0.5, 0.6) is 0 Å². The molecule has 3 nitrogen and oxygen atoms in total. The first kappa shape index (κ1) is 11.9. The van der Waals surface area contributed by atoms with Gasteiger partial charge in [-0.05, 0) is 24.3 Å². The van der Waals surface area contributed by atoms with Gasteiger partial charge in [0.1, 0.15) is 5.03 Å². The van der Waals surface area contributed by atoms with Crippen LogP contribution in [-0.2, 0) is 0 Å². The van der Waals surface area contributed by atoms with E-state index in [2.05, 4.69) is 9.97 Å². The maximum atomic E-state index is 11.2. The van der Waals surface area contributed by atoms with Gasteiger partial charge >= 0.3 is 0 Å². The van der Waals surface area contributed by atoms with Gasteiger partial charge in [0.05, 0.1) is 5.52 Å². The average Bonchev–Trinajstić information content (AvgIpc) is 2.47. The molecule has 0 aliphatic heterocycles. The van der Waals surface area contributed by atoms with Gasteiger partial charge in [-0.2, -0.15) is 0 Å². The highest BCUT2D eigenvalue weighted by Crippen LogP contribution is 2.29. The number of fused-ring (bicyclic) bond motifs is 1. The first-order valence-electron chi connectivity index (χ1n) is 5.79. The summed E-state index contributed by atoms with van der Waals surface area (Å²) in [6.45, 7) is 0. The number of carbonyl (C=O) groups is 1.